The predicted molar refractivity (Wildman–Crippen MR) is 275 cm³/mol. The predicted octanol–water partition coefficient (Wildman–Crippen LogP) is 16.0. The number of unbranched alkanes of at least 4 members (excludes halogenated alkanes) is 39. The summed E-state index contributed by atoms with van der Waals surface area (Å²) in [5.74, 6) is -0.193. The minimum Gasteiger partial charge on any atom is -0.756 e. The molecule has 0 aliphatic heterocycles. The highest BCUT2D eigenvalue weighted by Gasteiger charge is 2.23. The summed E-state index contributed by atoms with van der Waals surface area (Å²) in [5, 5.41) is 13.9. The Hall–Kier alpha value is -0.760. The van der Waals surface area contributed by atoms with Crippen molar-refractivity contribution in [2.24, 2.45) is 0 Å². The van der Waals surface area contributed by atoms with Gasteiger partial charge in [0, 0.05) is 6.42 Å². The first-order valence-corrected chi connectivity index (χ1v) is 29.5. The Bertz CT molecular complexity index is 1050. The van der Waals surface area contributed by atoms with Gasteiger partial charge in [0.2, 0.25) is 5.91 Å². The van der Waals surface area contributed by atoms with Crippen molar-refractivity contribution in [3.63, 3.8) is 0 Å². The maximum absolute atomic E-state index is 12.9. The highest BCUT2D eigenvalue weighted by Crippen LogP contribution is 2.38. The van der Waals surface area contributed by atoms with Gasteiger partial charge in [0.05, 0.1) is 39.9 Å². The number of likely N-dealkylation sites (N-methyl/N-ethyl adjacent to an activating group) is 1. The fourth-order valence-corrected chi connectivity index (χ4v) is 9.29. The number of carbonyl (C=O) groups is 1. The largest absolute Gasteiger partial charge is 0.756 e. The van der Waals surface area contributed by atoms with E-state index in [0.717, 1.165) is 38.5 Å². The molecule has 3 atom stereocenters. The van der Waals surface area contributed by atoms with E-state index >= 15 is 0 Å². The molecule has 0 aromatic carbocycles. The number of quaternary nitrogens is 1. The lowest BCUT2D eigenvalue weighted by molar-refractivity contribution is -0.870. The first-order valence-electron chi connectivity index (χ1n) is 28.1. The zero-order chi connectivity index (χ0) is 47.1. The normalized spacial score (nSPS) is 14.0. The number of carbonyl (C=O) groups excluding carboxylic acids is 1. The number of amides is 1. The van der Waals surface area contributed by atoms with Gasteiger partial charge in [0.25, 0.3) is 7.82 Å². The molecule has 0 aromatic heterocycles. The molecule has 8 nitrogen and oxygen atoms in total. The number of hydrogen-bond donors (Lipinski definition) is 2. The Morgan fingerprint density at radius 2 is 0.844 bits per heavy atom. The lowest BCUT2D eigenvalue weighted by atomic mass is 10.0. The van der Waals surface area contributed by atoms with Crippen LogP contribution in [0, 0.1) is 0 Å². The van der Waals surface area contributed by atoms with Gasteiger partial charge in [-0.05, 0) is 19.3 Å². The van der Waals surface area contributed by atoms with E-state index < -0.39 is 20.0 Å². The molecule has 0 saturated carbocycles. The molecule has 0 bridgehead atoms. The fourth-order valence-electron chi connectivity index (χ4n) is 8.57. The average Bonchev–Trinajstić information content (AvgIpc) is 3.25. The summed E-state index contributed by atoms with van der Waals surface area (Å²) in [6, 6.07) is -0.881. The van der Waals surface area contributed by atoms with Gasteiger partial charge >= 0.3 is 0 Å². The van der Waals surface area contributed by atoms with Crippen LogP contribution < -0.4 is 10.2 Å². The van der Waals surface area contributed by atoms with Crippen LogP contribution in [0.4, 0.5) is 0 Å². The van der Waals surface area contributed by atoms with E-state index in [4.69, 9.17) is 9.05 Å². The van der Waals surface area contributed by atoms with Crippen molar-refractivity contribution < 1.29 is 32.9 Å². The number of aliphatic hydroxyl groups is 1. The van der Waals surface area contributed by atoms with Gasteiger partial charge in [-0.2, -0.15) is 0 Å². The SMILES string of the molecule is CCCCCCCCCCCCCCCCCCCCCCCCCCCCC/C=C/C(O)C(COP(=O)([O-])OCC[N+](C)(C)C)NC(=O)CCCCCCCCCCCCCCC. The summed E-state index contributed by atoms with van der Waals surface area (Å²) in [6.45, 7) is 4.68. The molecule has 0 spiro atoms. The van der Waals surface area contributed by atoms with Gasteiger partial charge in [0.1, 0.15) is 13.2 Å². The van der Waals surface area contributed by atoms with Crippen molar-refractivity contribution >= 4 is 13.7 Å². The van der Waals surface area contributed by atoms with E-state index in [1.165, 1.54) is 225 Å². The van der Waals surface area contributed by atoms with Crippen LogP contribution in [0.3, 0.4) is 0 Å². The van der Waals surface area contributed by atoms with Gasteiger partial charge in [-0.1, -0.05) is 270 Å². The molecule has 3 unspecified atom stereocenters. The minimum atomic E-state index is -4.59. The van der Waals surface area contributed by atoms with Crippen molar-refractivity contribution in [2.75, 3.05) is 40.9 Å². The van der Waals surface area contributed by atoms with E-state index in [0.29, 0.717) is 17.4 Å². The van der Waals surface area contributed by atoms with Gasteiger partial charge in [0.15, 0.2) is 0 Å². The van der Waals surface area contributed by atoms with Crippen LogP contribution in [0.15, 0.2) is 12.2 Å². The molecule has 0 fully saturated rings. The van der Waals surface area contributed by atoms with E-state index in [2.05, 4.69) is 19.2 Å². The second-order valence-electron chi connectivity index (χ2n) is 20.7. The zero-order valence-corrected chi connectivity index (χ0v) is 44.4. The maximum atomic E-state index is 12.9. The Morgan fingerprint density at radius 1 is 0.531 bits per heavy atom. The van der Waals surface area contributed by atoms with E-state index in [9.17, 15) is 19.4 Å². The van der Waals surface area contributed by atoms with Crippen molar-refractivity contribution in [3.8, 4) is 0 Å². The maximum Gasteiger partial charge on any atom is 0.268 e. The number of allylic oxidation sites excluding steroid dienone is 1. The van der Waals surface area contributed by atoms with Crippen LogP contribution >= 0.6 is 7.82 Å². The monoisotopic (exact) mass is 927 g/mol. The van der Waals surface area contributed by atoms with Crippen molar-refractivity contribution in [3.05, 3.63) is 12.2 Å². The first-order chi connectivity index (χ1) is 31.0. The molecule has 64 heavy (non-hydrogen) atoms. The van der Waals surface area contributed by atoms with Gasteiger partial charge in [-0.3, -0.25) is 9.36 Å². The van der Waals surface area contributed by atoms with Crippen molar-refractivity contribution in [1.82, 2.24) is 5.32 Å². The topological polar surface area (TPSA) is 108 Å². The van der Waals surface area contributed by atoms with E-state index in [-0.39, 0.29) is 19.1 Å². The molecular weight excluding hydrogens is 816 g/mol. The summed E-state index contributed by atoms with van der Waals surface area (Å²) >= 11 is 0. The Kier molecular flexibility index (Phi) is 46.8. The van der Waals surface area contributed by atoms with Crippen molar-refractivity contribution in [2.45, 2.75) is 296 Å². The molecule has 0 saturated heterocycles. The lowest BCUT2D eigenvalue weighted by Gasteiger charge is -2.29. The second kappa shape index (κ2) is 47.3. The number of hydrogen-bond acceptors (Lipinski definition) is 6. The third-order valence-electron chi connectivity index (χ3n) is 13.0. The second-order valence-corrected chi connectivity index (χ2v) is 22.1. The summed E-state index contributed by atoms with van der Waals surface area (Å²) < 4.78 is 23.3. The minimum absolute atomic E-state index is 0.00244. The standard InChI is InChI=1S/C55H111N2O6P/c1-6-8-10-12-14-16-18-20-21-22-23-24-25-26-27-28-29-30-31-32-33-34-35-37-38-40-42-44-46-48-54(58)53(52-63-64(60,61)62-51-50-57(3,4)5)56-55(59)49-47-45-43-41-39-36-19-17-15-13-11-9-7-2/h46,48,53-54,58H,6-45,47,49-52H2,1-5H3,(H-,56,59,60,61)/b48-46+. The van der Waals surface area contributed by atoms with Crippen LogP contribution in [0.1, 0.15) is 284 Å². The molecule has 2 N–H and O–H groups in total. The first kappa shape index (κ1) is 63.2. The Morgan fingerprint density at radius 3 is 1.17 bits per heavy atom. The molecule has 0 radical (unpaired) electrons. The molecule has 0 rings (SSSR count). The number of phosphoric acid groups is 1. The van der Waals surface area contributed by atoms with Gasteiger partial charge in [-0.15, -0.1) is 0 Å². The molecule has 1 amide bonds. The molecule has 9 heteroatoms. The van der Waals surface area contributed by atoms with Gasteiger partial charge < -0.3 is 28.8 Å². The number of rotatable bonds is 52. The highest BCUT2D eigenvalue weighted by molar-refractivity contribution is 7.45. The van der Waals surface area contributed by atoms with Crippen LogP contribution in [-0.4, -0.2) is 68.5 Å². The number of phosphoric ester groups is 1. The number of nitrogens with one attached hydrogen (secondary N) is 1. The van der Waals surface area contributed by atoms with Gasteiger partial charge in [-0.25, -0.2) is 0 Å². The molecule has 382 valence electrons. The van der Waals surface area contributed by atoms with Crippen LogP contribution in [0.2, 0.25) is 0 Å². The number of aliphatic hydroxyl groups excluding tert-OH is 1. The van der Waals surface area contributed by atoms with Crippen LogP contribution in [0.25, 0.3) is 0 Å². The Balaban J connectivity index is 4.09. The van der Waals surface area contributed by atoms with Crippen molar-refractivity contribution in [1.29, 1.82) is 0 Å². The molecule has 0 aliphatic carbocycles. The summed E-state index contributed by atoms with van der Waals surface area (Å²) in [4.78, 5) is 25.4. The lowest BCUT2D eigenvalue weighted by Crippen LogP contribution is -2.45. The van der Waals surface area contributed by atoms with E-state index in [1.54, 1.807) is 6.08 Å². The number of nitrogens with zero attached hydrogens (tertiary/aromatic N) is 1. The fraction of sp³-hybridized carbons (Fsp3) is 0.945. The Labute approximate surface area is 399 Å². The molecule has 0 aromatic rings. The van der Waals surface area contributed by atoms with Crippen LogP contribution in [0.5, 0.6) is 0 Å². The summed E-state index contributed by atoms with van der Waals surface area (Å²) in [5.41, 5.74) is 0. The average molecular weight is 927 g/mol. The summed E-state index contributed by atoms with van der Waals surface area (Å²) in [6.07, 6.45) is 57.2. The van der Waals surface area contributed by atoms with Crippen LogP contribution in [-0.2, 0) is 18.4 Å². The molecular formula is C55H111N2O6P. The summed E-state index contributed by atoms with van der Waals surface area (Å²) in [7, 11) is 1.28. The van der Waals surface area contributed by atoms with E-state index in [1.807, 2.05) is 27.2 Å². The zero-order valence-electron chi connectivity index (χ0n) is 43.5. The third kappa shape index (κ3) is 49.2. The third-order valence-corrected chi connectivity index (χ3v) is 14.0. The quantitative estimate of drug-likeness (QED) is 0.0272. The molecule has 0 heterocycles. The highest BCUT2D eigenvalue weighted by atomic mass is 31.2. The molecule has 0 aliphatic rings. The smallest absolute Gasteiger partial charge is 0.268 e.